The molecule has 0 radical (unpaired) electrons. The maximum Gasteiger partial charge on any atom is 0.240 e. The number of ether oxygens (including phenoxy) is 1. The summed E-state index contributed by atoms with van der Waals surface area (Å²) in [6.07, 6.45) is 5.64. The highest BCUT2D eigenvalue weighted by Gasteiger charge is 2.52. The van der Waals surface area contributed by atoms with Crippen molar-refractivity contribution in [2.45, 2.75) is 63.6 Å². The summed E-state index contributed by atoms with van der Waals surface area (Å²) in [4.78, 5) is 11.8. The zero-order chi connectivity index (χ0) is 12.5. The molecule has 0 bridgehead atoms. The fourth-order valence-electron chi connectivity index (χ4n) is 2.18. The minimum atomic E-state index is -0.607. The number of carbonyl (C=O) groups excluding carboxylic acids is 1. The summed E-state index contributed by atoms with van der Waals surface area (Å²) in [6.45, 7) is 4.55. The second-order valence-electron chi connectivity index (χ2n) is 5.56. The molecule has 0 spiro atoms. The van der Waals surface area contributed by atoms with E-state index >= 15 is 0 Å². The van der Waals surface area contributed by atoms with Gasteiger partial charge in [0.1, 0.15) is 5.54 Å². The molecule has 0 heterocycles. The van der Waals surface area contributed by atoms with E-state index in [1.165, 1.54) is 0 Å². The topological polar surface area (TPSA) is 64.3 Å². The molecule has 17 heavy (non-hydrogen) atoms. The fourth-order valence-corrected chi connectivity index (χ4v) is 2.18. The molecule has 3 N–H and O–H groups in total. The van der Waals surface area contributed by atoms with E-state index in [0.29, 0.717) is 18.6 Å². The van der Waals surface area contributed by atoms with E-state index in [9.17, 15) is 4.79 Å². The molecule has 2 saturated carbocycles. The van der Waals surface area contributed by atoms with Gasteiger partial charge in [-0.1, -0.05) is 6.92 Å². The largest absolute Gasteiger partial charge is 0.376 e. The third-order valence-corrected chi connectivity index (χ3v) is 3.92. The predicted molar refractivity (Wildman–Crippen MR) is 66.5 cm³/mol. The van der Waals surface area contributed by atoms with E-state index in [1.54, 1.807) is 0 Å². The van der Waals surface area contributed by atoms with Crippen LogP contribution in [0.5, 0.6) is 0 Å². The summed E-state index contributed by atoms with van der Waals surface area (Å²) in [6, 6.07) is 0.476. The van der Waals surface area contributed by atoms with Gasteiger partial charge in [0.25, 0.3) is 0 Å². The number of amides is 1. The van der Waals surface area contributed by atoms with Gasteiger partial charge >= 0.3 is 0 Å². The van der Waals surface area contributed by atoms with Crippen LogP contribution >= 0.6 is 0 Å². The Morgan fingerprint density at radius 1 is 1.47 bits per heavy atom. The van der Waals surface area contributed by atoms with Crippen LogP contribution in [0.2, 0.25) is 0 Å². The Hall–Kier alpha value is -0.610. The molecule has 4 heteroatoms. The highest BCUT2D eigenvalue weighted by Crippen LogP contribution is 2.42. The average Bonchev–Trinajstić information content (AvgIpc) is 3.15. The highest BCUT2D eigenvalue weighted by atomic mass is 16.5. The minimum Gasteiger partial charge on any atom is -0.376 e. The van der Waals surface area contributed by atoms with E-state index in [2.05, 4.69) is 12.2 Å². The summed E-state index contributed by atoms with van der Waals surface area (Å²) in [7, 11) is 0. The van der Waals surface area contributed by atoms with Crippen molar-refractivity contribution in [1.82, 2.24) is 5.32 Å². The molecule has 0 aliphatic heterocycles. The number of rotatable bonds is 8. The van der Waals surface area contributed by atoms with Crippen LogP contribution in [0.25, 0.3) is 0 Å². The predicted octanol–water partition coefficient (Wildman–Crippen LogP) is 1.19. The van der Waals surface area contributed by atoms with Crippen molar-refractivity contribution in [2.24, 2.45) is 11.7 Å². The SMILES string of the molecule is CCC(C)OCC(NC1CC1)(C(N)=O)C1CC1. The first-order valence-electron chi connectivity index (χ1n) is 6.77. The van der Waals surface area contributed by atoms with Gasteiger partial charge in [0, 0.05) is 6.04 Å². The van der Waals surface area contributed by atoms with Crippen LogP contribution < -0.4 is 11.1 Å². The summed E-state index contributed by atoms with van der Waals surface area (Å²) in [5, 5.41) is 3.45. The van der Waals surface area contributed by atoms with Gasteiger partial charge in [-0.25, -0.2) is 0 Å². The molecular weight excluding hydrogens is 216 g/mol. The molecule has 2 aliphatic carbocycles. The van der Waals surface area contributed by atoms with Gasteiger partial charge in [-0.2, -0.15) is 0 Å². The summed E-state index contributed by atoms with van der Waals surface area (Å²) < 4.78 is 5.78. The van der Waals surface area contributed by atoms with Gasteiger partial charge in [-0.05, 0) is 44.9 Å². The molecule has 2 atom stereocenters. The van der Waals surface area contributed by atoms with Crippen LogP contribution in [-0.2, 0) is 9.53 Å². The summed E-state index contributed by atoms with van der Waals surface area (Å²) in [5.74, 6) is 0.139. The highest BCUT2D eigenvalue weighted by molar-refractivity contribution is 5.86. The van der Waals surface area contributed by atoms with Gasteiger partial charge in [-0.15, -0.1) is 0 Å². The second kappa shape index (κ2) is 4.94. The van der Waals surface area contributed by atoms with Gasteiger partial charge < -0.3 is 10.5 Å². The van der Waals surface area contributed by atoms with Crippen LogP contribution in [0.1, 0.15) is 46.0 Å². The molecule has 0 aromatic rings. The van der Waals surface area contributed by atoms with Gasteiger partial charge in [-0.3, -0.25) is 10.1 Å². The number of primary amides is 1. The van der Waals surface area contributed by atoms with Crippen molar-refractivity contribution in [3.05, 3.63) is 0 Å². The summed E-state index contributed by atoms with van der Waals surface area (Å²) in [5.41, 5.74) is 5.03. The van der Waals surface area contributed by atoms with E-state index in [1.807, 2.05) is 6.92 Å². The first-order chi connectivity index (χ1) is 8.08. The lowest BCUT2D eigenvalue weighted by Gasteiger charge is -2.33. The molecule has 2 rings (SSSR count). The number of nitrogens with two attached hydrogens (primary N) is 1. The Bertz CT molecular complexity index is 287. The molecule has 1 amide bonds. The molecule has 2 unspecified atom stereocenters. The lowest BCUT2D eigenvalue weighted by molar-refractivity contribution is -0.129. The summed E-state index contributed by atoms with van der Waals surface area (Å²) >= 11 is 0. The van der Waals surface area contributed by atoms with Crippen molar-refractivity contribution >= 4 is 5.91 Å². The maximum atomic E-state index is 11.8. The van der Waals surface area contributed by atoms with E-state index in [0.717, 1.165) is 32.1 Å². The maximum absolute atomic E-state index is 11.8. The zero-order valence-electron chi connectivity index (χ0n) is 10.9. The Kier molecular flexibility index (Phi) is 3.73. The van der Waals surface area contributed by atoms with Crippen LogP contribution in [0.4, 0.5) is 0 Å². The van der Waals surface area contributed by atoms with Crippen molar-refractivity contribution in [3.8, 4) is 0 Å². The smallest absolute Gasteiger partial charge is 0.240 e. The van der Waals surface area contributed by atoms with Crippen LogP contribution in [0.3, 0.4) is 0 Å². The monoisotopic (exact) mass is 240 g/mol. The third-order valence-electron chi connectivity index (χ3n) is 3.92. The van der Waals surface area contributed by atoms with Crippen molar-refractivity contribution < 1.29 is 9.53 Å². The number of nitrogens with one attached hydrogen (secondary N) is 1. The molecule has 0 aromatic carbocycles. The van der Waals surface area contributed by atoms with Gasteiger partial charge in [0.05, 0.1) is 12.7 Å². The molecule has 0 saturated heterocycles. The quantitative estimate of drug-likeness (QED) is 0.670. The molecule has 2 aliphatic rings. The standard InChI is InChI=1S/C13H24N2O2/c1-3-9(2)17-8-13(12(14)16,10-4-5-10)15-11-6-7-11/h9-11,15H,3-8H2,1-2H3,(H2,14,16). The Labute approximate surface area is 103 Å². The average molecular weight is 240 g/mol. The normalized spacial score (nSPS) is 25.3. The van der Waals surface area contributed by atoms with E-state index in [4.69, 9.17) is 10.5 Å². The van der Waals surface area contributed by atoms with Crippen molar-refractivity contribution in [2.75, 3.05) is 6.61 Å². The van der Waals surface area contributed by atoms with Crippen molar-refractivity contribution in [3.63, 3.8) is 0 Å². The molecular formula is C13H24N2O2. The zero-order valence-corrected chi connectivity index (χ0v) is 10.9. The van der Waals surface area contributed by atoms with Gasteiger partial charge in [0.2, 0.25) is 5.91 Å². The van der Waals surface area contributed by atoms with E-state index in [-0.39, 0.29) is 12.0 Å². The van der Waals surface area contributed by atoms with Crippen LogP contribution in [-0.4, -0.2) is 30.2 Å². The fraction of sp³-hybridized carbons (Fsp3) is 0.923. The molecule has 0 aromatic heterocycles. The van der Waals surface area contributed by atoms with Crippen molar-refractivity contribution in [1.29, 1.82) is 0 Å². The first kappa shape index (κ1) is 12.8. The lowest BCUT2D eigenvalue weighted by atomic mass is 9.93. The minimum absolute atomic E-state index is 0.188. The molecule has 4 nitrogen and oxygen atoms in total. The van der Waals surface area contributed by atoms with Crippen LogP contribution in [0, 0.1) is 5.92 Å². The Morgan fingerprint density at radius 3 is 2.53 bits per heavy atom. The number of hydrogen-bond donors (Lipinski definition) is 2. The third kappa shape index (κ3) is 2.99. The van der Waals surface area contributed by atoms with Gasteiger partial charge in [0.15, 0.2) is 0 Å². The number of carbonyl (C=O) groups is 1. The Morgan fingerprint density at radius 2 is 2.12 bits per heavy atom. The first-order valence-corrected chi connectivity index (χ1v) is 6.77. The van der Waals surface area contributed by atoms with E-state index < -0.39 is 5.54 Å². The lowest BCUT2D eigenvalue weighted by Crippen LogP contribution is -2.61. The second-order valence-corrected chi connectivity index (χ2v) is 5.56. The Balaban J connectivity index is 2.00. The molecule has 98 valence electrons. The number of hydrogen-bond acceptors (Lipinski definition) is 3. The molecule has 2 fully saturated rings. The van der Waals surface area contributed by atoms with Crippen LogP contribution in [0.15, 0.2) is 0 Å².